The van der Waals surface area contributed by atoms with Crippen LogP contribution in [0.3, 0.4) is 0 Å². The summed E-state index contributed by atoms with van der Waals surface area (Å²) in [5, 5.41) is 18.6. The summed E-state index contributed by atoms with van der Waals surface area (Å²) in [6.45, 7) is 5.13. The molecule has 2 N–H and O–H groups in total. The molecule has 100 valence electrons. The number of halogens is 1. The molecular formula is C13H17BrO4. The third-order valence-electron chi connectivity index (χ3n) is 2.75. The Morgan fingerprint density at radius 1 is 1.39 bits per heavy atom. The number of carboxylic acids is 1. The summed E-state index contributed by atoms with van der Waals surface area (Å²) in [5.41, 5.74) is 1.57. The van der Waals surface area contributed by atoms with Crippen molar-refractivity contribution in [1.82, 2.24) is 0 Å². The van der Waals surface area contributed by atoms with Crippen molar-refractivity contribution < 1.29 is 19.7 Å². The number of aryl methyl sites for hydroxylation is 1. The lowest BCUT2D eigenvalue weighted by Gasteiger charge is -2.21. The zero-order valence-electron chi connectivity index (χ0n) is 10.6. The van der Waals surface area contributed by atoms with Crippen LogP contribution >= 0.6 is 15.9 Å². The molecule has 4 nitrogen and oxygen atoms in total. The van der Waals surface area contributed by atoms with Crippen molar-refractivity contribution in [3.8, 4) is 0 Å². The van der Waals surface area contributed by atoms with E-state index < -0.39 is 24.3 Å². The number of hydrogen-bond donors (Lipinski definition) is 2. The Kier molecular flexibility index (Phi) is 5.31. The van der Waals surface area contributed by atoms with Gasteiger partial charge in [0.05, 0.1) is 12.2 Å². The molecular weight excluding hydrogens is 300 g/mol. The summed E-state index contributed by atoms with van der Waals surface area (Å²) in [7, 11) is 0. The van der Waals surface area contributed by atoms with Crippen LogP contribution in [-0.2, 0) is 9.53 Å². The van der Waals surface area contributed by atoms with E-state index in [0.29, 0.717) is 5.56 Å². The molecule has 0 bridgehead atoms. The van der Waals surface area contributed by atoms with Crippen LogP contribution in [0, 0.1) is 6.92 Å². The highest BCUT2D eigenvalue weighted by molar-refractivity contribution is 9.10. The molecule has 0 aromatic heterocycles. The maximum atomic E-state index is 11.2. The Bertz CT molecular complexity index is 431. The minimum atomic E-state index is -1.08. The van der Waals surface area contributed by atoms with E-state index in [1.165, 1.54) is 0 Å². The van der Waals surface area contributed by atoms with Gasteiger partial charge < -0.3 is 14.9 Å². The second-order valence-corrected chi connectivity index (χ2v) is 5.16. The molecule has 3 atom stereocenters. The van der Waals surface area contributed by atoms with Crippen LogP contribution in [-0.4, -0.2) is 28.4 Å². The third kappa shape index (κ3) is 3.80. The smallest absolute Gasteiger partial charge is 0.337 e. The molecule has 18 heavy (non-hydrogen) atoms. The van der Waals surface area contributed by atoms with Crippen LogP contribution < -0.4 is 0 Å². The molecule has 0 fully saturated rings. The topological polar surface area (TPSA) is 66.8 Å². The van der Waals surface area contributed by atoms with E-state index in [1.807, 2.05) is 13.0 Å². The number of aliphatic hydroxyl groups excluding tert-OH is 1. The van der Waals surface area contributed by atoms with Crippen molar-refractivity contribution in [1.29, 1.82) is 0 Å². The number of rotatable bonds is 5. The van der Waals surface area contributed by atoms with Crippen LogP contribution in [0.4, 0.5) is 0 Å². The van der Waals surface area contributed by atoms with Crippen molar-refractivity contribution in [3.63, 3.8) is 0 Å². The highest BCUT2D eigenvalue weighted by atomic mass is 79.9. The Labute approximate surface area is 115 Å². The van der Waals surface area contributed by atoms with Gasteiger partial charge in [-0.2, -0.15) is 0 Å². The fraction of sp³-hybridized carbons (Fsp3) is 0.462. The first-order valence-electron chi connectivity index (χ1n) is 5.65. The molecule has 0 heterocycles. The molecule has 0 aliphatic heterocycles. The van der Waals surface area contributed by atoms with Crippen molar-refractivity contribution in [2.45, 2.75) is 39.1 Å². The van der Waals surface area contributed by atoms with Crippen molar-refractivity contribution >= 4 is 21.9 Å². The van der Waals surface area contributed by atoms with Gasteiger partial charge in [0.2, 0.25) is 0 Å². The molecule has 0 amide bonds. The fourth-order valence-corrected chi connectivity index (χ4v) is 1.78. The van der Waals surface area contributed by atoms with Gasteiger partial charge in [-0.1, -0.05) is 28.1 Å². The van der Waals surface area contributed by atoms with Crippen molar-refractivity contribution in [2.75, 3.05) is 0 Å². The number of benzene rings is 1. The molecule has 1 aromatic carbocycles. The second-order valence-electron chi connectivity index (χ2n) is 4.31. The van der Waals surface area contributed by atoms with E-state index in [9.17, 15) is 15.0 Å². The van der Waals surface area contributed by atoms with E-state index in [-0.39, 0.29) is 0 Å². The first-order valence-corrected chi connectivity index (χ1v) is 6.44. The quantitative estimate of drug-likeness (QED) is 0.876. The largest absolute Gasteiger partial charge is 0.479 e. The molecule has 0 saturated carbocycles. The molecule has 1 rings (SSSR count). The monoisotopic (exact) mass is 316 g/mol. The van der Waals surface area contributed by atoms with Crippen molar-refractivity contribution in [2.24, 2.45) is 0 Å². The van der Waals surface area contributed by atoms with Gasteiger partial charge in [0.1, 0.15) is 0 Å². The highest BCUT2D eigenvalue weighted by Gasteiger charge is 2.25. The summed E-state index contributed by atoms with van der Waals surface area (Å²) in [4.78, 5) is 11.2. The van der Waals surface area contributed by atoms with Crippen LogP contribution in [0.15, 0.2) is 22.7 Å². The average molecular weight is 317 g/mol. The van der Waals surface area contributed by atoms with Gasteiger partial charge in [-0.05, 0) is 38.0 Å². The van der Waals surface area contributed by atoms with E-state index in [0.717, 1.165) is 10.0 Å². The van der Waals surface area contributed by atoms with Gasteiger partial charge in [0, 0.05) is 4.47 Å². The molecule has 0 saturated heterocycles. The summed E-state index contributed by atoms with van der Waals surface area (Å²) >= 11 is 3.36. The van der Waals surface area contributed by atoms with Gasteiger partial charge in [-0.15, -0.1) is 0 Å². The van der Waals surface area contributed by atoms with Gasteiger partial charge in [0.15, 0.2) is 6.10 Å². The average Bonchev–Trinajstić information content (AvgIpc) is 2.29. The normalized spacial score (nSPS) is 16.1. The number of hydrogen-bond acceptors (Lipinski definition) is 3. The van der Waals surface area contributed by atoms with Crippen LogP contribution in [0.1, 0.15) is 31.1 Å². The van der Waals surface area contributed by atoms with Crippen molar-refractivity contribution in [3.05, 3.63) is 33.8 Å². The summed E-state index contributed by atoms with van der Waals surface area (Å²) in [6.07, 6.45) is -2.35. The molecule has 0 aliphatic rings. The maximum absolute atomic E-state index is 11.2. The third-order valence-corrected chi connectivity index (χ3v) is 3.61. The summed E-state index contributed by atoms with van der Waals surface area (Å²) in [6, 6.07) is 5.27. The van der Waals surface area contributed by atoms with Crippen LogP contribution in [0.2, 0.25) is 0 Å². The van der Waals surface area contributed by atoms with Gasteiger partial charge in [-0.25, -0.2) is 4.79 Å². The Hall–Kier alpha value is -0.910. The Morgan fingerprint density at radius 2 is 2.00 bits per heavy atom. The Morgan fingerprint density at radius 3 is 2.44 bits per heavy atom. The van der Waals surface area contributed by atoms with Crippen LogP contribution in [0.5, 0.6) is 0 Å². The lowest BCUT2D eigenvalue weighted by Crippen LogP contribution is -2.28. The number of ether oxygens (including phenoxy) is 1. The number of carboxylic acid groups (broad SMARTS) is 1. The number of aliphatic hydroxyl groups is 1. The SMILES string of the molecule is Cc1ccc(C(OC(C)C(C)O)C(=O)O)cc1Br. The van der Waals surface area contributed by atoms with E-state index >= 15 is 0 Å². The van der Waals surface area contributed by atoms with Gasteiger partial charge in [-0.3, -0.25) is 0 Å². The number of carbonyl (C=O) groups is 1. The number of aliphatic carboxylic acids is 1. The summed E-state index contributed by atoms with van der Waals surface area (Å²) < 4.78 is 6.22. The highest BCUT2D eigenvalue weighted by Crippen LogP contribution is 2.25. The van der Waals surface area contributed by atoms with Crippen LogP contribution in [0.25, 0.3) is 0 Å². The minimum Gasteiger partial charge on any atom is -0.479 e. The predicted molar refractivity (Wildman–Crippen MR) is 71.5 cm³/mol. The van der Waals surface area contributed by atoms with E-state index in [1.54, 1.807) is 26.0 Å². The molecule has 1 aromatic rings. The molecule has 0 aliphatic carbocycles. The first-order chi connectivity index (χ1) is 8.32. The lowest BCUT2D eigenvalue weighted by molar-refractivity contribution is -0.158. The Balaban J connectivity index is 2.97. The fourth-order valence-electron chi connectivity index (χ4n) is 1.38. The van der Waals surface area contributed by atoms with E-state index in [2.05, 4.69) is 15.9 Å². The van der Waals surface area contributed by atoms with E-state index in [4.69, 9.17) is 4.74 Å². The molecule has 0 spiro atoms. The molecule has 5 heteroatoms. The second kappa shape index (κ2) is 6.31. The lowest BCUT2D eigenvalue weighted by atomic mass is 10.1. The predicted octanol–water partition coefficient (Wildman–Crippen LogP) is 2.67. The molecule has 3 unspecified atom stereocenters. The zero-order valence-corrected chi connectivity index (χ0v) is 12.1. The molecule has 0 radical (unpaired) electrons. The minimum absolute atomic E-state index is 0.549. The first kappa shape index (κ1) is 15.1. The maximum Gasteiger partial charge on any atom is 0.337 e. The van der Waals surface area contributed by atoms with Gasteiger partial charge in [0.25, 0.3) is 0 Å². The summed E-state index contributed by atoms with van der Waals surface area (Å²) in [5.74, 6) is -1.07. The zero-order chi connectivity index (χ0) is 13.9. The van der Waals surface area contributed by atoms with Gasteiger partial charge >= 0.3 is 5.97 Å². The standard InChI is InChI=1S/C13H17BrO4/c1-7-4-5-10(6-11(7)14)12(13(16)17)18-9(3)8(2)15/h4-6,8-9,12,15H,1-3H3,(H,16,17).